The second kappa shape index (κ2) is 6.75. The summed E-state index contributed by atoms with van der Waals surface area (Å²) in [5.41, 5.74) is 5.51. The van der Waals surface area contributed by atoms with Crippen LogP contribution in [0.15, 0.2) is 60.8 Å². The van der Waals surface area contributed by atoms with Crippen molar-refractivity contribution in [2.45, 2.75) is 26.8 Å². The first-order chi connectivity index (χ1) is 11.5. The van der Waals surface area contributed by atoms with E-state index in [1.165, 1.54) is 16.5 Å². The molecule has 2 aromatic carbocycles. The SMILES string of the molecule is C/C(=C\C(=O)NC(C)C)c1ccc(-c2ccc3[nH]ccc3c2)cc1. The molecular formula is C21H22N2O. The second-order valence-corrected chi connectivity index (χ2v) is 6.35. The molecule has 1 amide bonds. The Bertz CT molecular complexity index is 886. The maximum absolute atomic E-state index is 11.8. The lowest BCUT2D eigenvalue weighted by atomic mass is 10.00. The molecule has 0 radical (unpaired) electrons. The highest BCUT2D eigenvalue weighted by molar-refractivity contribution is 5.95. The molecule has 0 fully saturated rings. The molecule has 3 nitrogen and oxygen atoms in total. The Morgan fingerprint density at radius 2 is 1.75 bits per heavy atom. The van der Waals surface area contributed by atoms with Crippen molar-refractivity contribution in [3.8, 4) is 11.1 Å². The summed E-state index contributed by atoms with van der Waals surface area (Å²) in [6.45, 7) is 5.87. The fraction of sp³-hybridized carbons (Fsp3) is 0.190. The molecule has 2 N–H and O–H groups in total. The third kappa shape index (κ3) is 3.57. The average molecular weight is 318 g/mol. The van der Waals surface area contributed by atoms with Crippen molar-refractivity contribution in [3.63, 3.8) is 0 Å². The average Bonchev–Trinajstić information content (AvgIpc) is 3.01. The van der Waals surface area contributed by atoms with Gasteiger partial charge in [0.25, 0.3) is 0 Å². The summed E-state index contributed by atoms with van der Waals surface area (Å²) in [5.74, 6) is -0.0514. The summed E-state index contributed by atoms with van der Waals surface area (Å²) in [6.07, 6.45) is 3.61. The molecule has 0 aliphatic heterocycles. The largest absolute Gasteiger partial charge is 0.361 e. The molecule has 122 valence electrons. The van der Waals surface area contributed by atoms with Crippen LogP contribution in [0.3, 0.4) is 0 Å². The number of amides is 1. The van der Waals surface area contributed by atoms with Gasteiger partial charge in [-0.15, -0.1) is 0 Å². The molecule has 0 atom stereocenters. The third-order valence-corrected chi connectivity index (χ3v) is 4.01. The van der Waals surface area contributed by atoms with E-state index in [0.717, 1.165) is 16.7 Å². The van der Waals surface area contributed by atoms with Crippen molar-refractivity contribution in [1.82, 2.24) is 10.3 Å². The number of H-pyrrole nitrogens is 1. The normalized spacial score (nSPS) is 11.9. The van der Waals surface area contributed by atoms with E-state index in [-0.39, 0.29) is 11.9 Å². The minimum atomic E-state index is -0.0514. The van der Waals surface area contributed by atoms with E-state index >= 15 is 0 Å². The van der Waals surface area contributed by atoms with E-state index < -0.39 is 0 Å². The maximum Gasteiger partial charge on any atom is 0.244 e. The van der Waals surface area contributed by atoms with E-state index in [9.17, 15) is 4.79 Å². The Labute approximate surface area is 142 Å². The highest BCUT2D eigenvalue weighted by Gasteiger charge is 2.04. The van der Waals surface area contributed by atoms with Crippen molar-refractivity contribution < 1.29 is 4.79 Å². The zero-order valence-corrected chi connectivity index (χ0v) is 14.3. The molecule has 0 aliphatic carbocycles. The molecule has 3 heteroatoms. The van der Waals surface area contributed by atoms with Gasteiger partial charge < -0.3 is 10.3 Å². The van der Waals surface area contributed by atoms with Crippen LogP contribution in [-0.2, 0) is 4.79 Å². The molecule has 1 heterocycles. The number of hydrogen-bond donors (Lipinski definition) is 2. The highest BCUT2D eigenvalue weighted by atomic mass is 16.1. The summed E-state index contributed by atoms with van der Waals surface area (Å²) in [7, 11) is 0. The Morgan fingerprint density at radius 1 is 1.04 bits per heavy atom. The van der Waals surface area contributed by atoms with E-state index in [4.69, 9.17) is 0 Å². The van der Waals surface area contributed by atoms with Crippen molar-refractivity contribution in [3.05, 3.63) is 66.4 Å². The van der Waals surface area contributed by atoms with Gasteiger partial charge in [-0.3, -0.25) is 4.79 Å². The minimum Gasteiger partial charge on any atom is -0.361 e. The monoisotopic (exact) mass is 318 g/mol. The smallest absolute Gasteiger partial charge is 0.244 e. The summed E-state index contributed by atoms with van der Waals surface area (Å²) >= 11 is 0. The van der Waals surface area contributed by atoms with Crippen LogP contribution in [0.1, 0.15) is 26.3 Å². The van der Waals surface area contributed by atoms with Crippen molar-refractivity contribution >= 4 is 22.4 Å². The lowest BCUT2D eigenvalue weighted by molar-refractivity contribution is -0.116. The number of allylic oxidation sites excluding steroid dienone is 1. The molecule has 3 aromatic rings. The topological polar surface area (TPSA) is 44.9 Å². The lowest BCUT2D eigenvalue weighted by Gasteiger charge is -2.08. The first kappa shape index (κ1) is 16.1. The quantitative estimate of drug-likeness (QED) is 0.669. The summed E-state index contributed by atoms with van der Waals surface area (Å²) in [4.78, 5) is 15.0. The maximum atomic E-state index is 11.8. The number of benzene rings is 2. The minimum absolute atomic E-state index is 0.0514. The van der Waals surface area contributed by atoms with Crippen LogP contribution >= 0.6 is 0 Å². The summed E-state index contributed by atoms with van der Waals surface area (Å²) in [5, 5.41) is 4.08. The molecule has 0 aliphatic rings. The lowest BCUT2D eigenvalue weighted by Crippen LogP contribution is -2.28. The molecule has 0 bridgehead atoms. The molecule has 0 saturated carbocycles. The van der Waals surface area contributed by atoms with Gasteiger partial charge in [0.05, 0.1) is 0 Å². The van der Waals surface area contributed by atoms with Gasteiger partial charge in [0, 0.05) is 23.8 Å². The van der Waals surface area contributed by atoms with Gasteiger partial charge in [0.2, 0.25) is 5.91 Å². The number of nitrogens with one attached hydrogen (secondary N) is 2. The first-order valence-corrected chi connectivity index (χ1v) is 8.19. The fourth-order valence-electron chi connectivity index (χ4n) is 2.76. The number of aromatic amines is 1. The Balaban J connectivity index is 1.82. The number of rotatable bonds is 4. The summed E-state index contributed by atoms with van der Waals surface area (Å²) in [6, 6.07) is 16.9. The van der Waals surface area contributed by atoms with Gasteiger partial charge in [-0.1, -0.05) is 30.3 Å². The molecule has 0 spiro atoms. The van der Waals surface area contributed by atoms with Gasteiger partial charge >= 0.3 is 0 Å². The van der Waals surface area contributed by atoms with E-state index in [2.05, 4.69) is 58.8 Å². The van der Waals surface area contributed by atoms with E-state index in [0.29, 0.717) is 0 Å². The standard InChI is InChI=1S/C21H22N2O/c1-14(2)23-21(24)12-15(3)16-4-6-17(7-5-16)18-8-9-20-19(13-18)10-11-22-20/h4-14,22H,1-3H3,(H,23,24)/b15-12+. The predicted octanol–water partition coefficient (Wildman–Crippen LogP) is 4.76. The van der Waals surface area contributed by atoms with Crippen LogP contribution in [0.2, 0.25) is 0 Å². The molecule has 24 heavy (non-hydrogen) atoms. The Kier molecular flexibility index (Phi) is 4.52. The number of hydrogen-bond acceptors (Lipinski definition) is 1. The van der Waals surface area contributed by atoms with Crippen molar-refractivity contribution in [2.24, 2.45) is 0 Å². The molecule has 3 rings (SSSR count). The fourth-order valence-corrected chi connectivity index (χ4v) is 2.76. The molecular weight excluding hydrogens is 296 g/mol. The van der Waals surface area contributed by atoms with Crippen LogP contribution < -0.4 is 5.32 Å². The molecule has 0 saturated heterocycles. The second-order valence-electron chi connectivity index (χ2n) is 6.35. The van der Waals surface area contributed by atoms with E-state index in [1.54, 1.807) is 6.08 Å². The molecule has 1 aromatic heterocycles. The van der Waals surface area contributed by atoms with Gasteiger partial charge in [-0.2, -0.15) is 0 Å². The predicted molar refractivity (Wildman–Crippen MR) is 101 cm³/mol. The van der Waals surface area contributed by atoms with E-state index in [1.807, 2.05) is 27.0 Å². The summed E-state index contributed by atoms with van der Waals surface area (Å²) < 4.78 is 0. The van der Waals surface area contributed by atoms with Crippen LogP contribution in [0.5, 0.6) is 0 Å². The highest BCUT2D eigenvalue weighted by Crippen LogP contribution is 2.25. The van der Waals surface area contributed by atoms with Gasteiger partial charge in [0.15, 0.2) is 0 Å². The Morgan fingerprint density at radius 3 is 2.46 bits per heavy atom. The van der Waals surface area contributed by atoms with Crippen LogP contribution in [0, 0.1) is 0 Å². The third-order valence-electron chi connectivity index (χ3n) is 4.01. The number of aromatic nitrogens is 1. The van der Waals surface area contributed by atoms with Gasteiger partial charge in [-0.25, -0.2) is 0 Å². The van der Waals surface area contributed by atoms with Crippen molar-refractivity contribution in [1.29, 1.82) is 0 Å². The number of fused-ring (bicyclic) bond motifs is 1. The van der Waals surface area contributed by atoms with Crippen LogP contribution in [-0.4, -0.2) is 16.9 Å². The van der Waals surface area contributed by atoms with Crippen LogP contribution in [0.25, 0.3) is 27.6 Å². The van der Waals surface area contributed by atoms with Gasteiger partial charge in [-0.05, 0) is 66.6 Å². The van der Waals surface area contributed by atoms with Crippen molar-refractivity contribution in [2.75, 3.05) is 0 Å². The molecule has 0 unspecified atom stereocenters. The number of carbonyl (C=O) groups excluding carboxylic acids is 1. The Hall–Kier alpha value is -2.81. The number of carbonyl (C=O) groups is 1. The van der Waals surface area contributed by atoms with Gasteiger partial charge in [0.1, 0.15) is 0 Å². The van der Waals surface area contributed by atoms with Crippen LogP contribution in [0.4, 0.5) is 0 Å². The zero-order chi connectivity index (χ0) is 17.1. The first-order valence-electron chi connectivity index (χ1n) is 8.19. The zero-order valence-electron chi connectivity index (χ0n) is 14.3.